The van der Waals surface area contributed by atoms with Gasteiger partial charge in [-0.1, -0.05) is 12.0 Å². The minimum absolute atomic E-state index is 0.00500. The van der Waals surface area contributed by atoms with Gasteiger partial charge < -0.3 is 4.57 Å². The second kappa shape index (κ2) is 4.63. The van der Waals surface area contributed by atoms with Gasteiger partial charge in [-0.15, -0.1) is 5.92 Å². The van der Waals surface area contributed by atoms with E-state index in [1.54, 1.807) is 17.6 Å². The summed E-state index contributed by atoms with van der Waals surface area (Å²) in [5, 5.41) is 0.00500. The Morgan fingerprint density at radius 2 is 2.17 bits per heavy atom. The van der Waals surface area contributed by atoms with Gasteiger partial charge in [0, 0.05) is 16.9 Å². The lowest BCUT2D eigenvalue weighted by molar-refractivity contribution is 0.607. The smallest absolute Gasteiger partial charge is 0.263 e. The second-order valence-corrected chi connectivity index (χ2v) is 6.15. The molecule has 0 N–H and O–H groups in total. The molecule has 0 unspecified atom stereocenters. The normalized spacial score (nSPS) is 11.3. The van der Waals surface area contributed by atoms with Gasteiger partial charge in [0.2, 0.25) is 0 Å². The van der Waals surface area contributed by atoms with Crippen molar-refractivity contribution in [3.8, 4) is 11.8 Å². The number of hydrogen-bond donors (Lipinski definition) is 0. The quantitative estimate of drug-likeness (QED) is 0.629. The fourth-order valence-corrected chi connectivity index (χ4v) is 2.80. The van der Waals surface area contributed by atoms with Gasteiger partial charge in [-0.25, -0.2) is 12.8 Å². The fraction of sp³-hybridized carbons (Fsp3) is 0.167. The van der Waals surface area contributed by atoms with Gasteiger partial charge in [0.25, 0.3) is 9.05 Å². The molecule has 2 rings (SSSR count). The van der Waals surface area contributed by atoms with Crippen molar-refractivity contribution in [2.24, 2.45) is 0 Å². The molecule has 0 amide bonds. The van der Waals surface area contributed by atoms with Crippen molar-refractivity contribution in [3.05, 3.63) is 30.2 Å². The topological polar surface area (TPSA) is 39.1 Å². The Kier molecular flexibility index (Phi) is 3.33. The number of hydrogen-bond acceptors (Lipinski definition) is 2. The van der Waals surface area contributed by atoms with Gasteiger partial charge in [-0.3, -0.25) is 0 Å². The Bertz CT molecular complexity index is 768. The van der Waals surface area contributed by atoms with Crippen LogP contribution >= 0.6 is 10.7 Å². The summed E-state index contributed by atoms with van der Waals surface area (Å²) < 4.78 is 38.2. The summed E-state index contributed by atoms with van der Waals surface area (Å²) in [5.74, 6) is 4.87. The zero-order valence-corrected chi connectivity index (χ0v) is 11.0. The summed E-state index contributed by atoms with van der Waals surface area (Å²) in [4.78, 5) is -0.227. The maximum atomic E-state index is 13.7. The molecule has 0 bridgehead atoms. The average molecular weight is 286 g/mol. The molecule has 6 heteroatoms. The Hall–Kier alpha value is -1.51. The van der Waals surface area contributed by atoms with Crippen LogP contribution in [0.1, 0.15) is 6.92 Å². The maximum Gasteiger partial charge on any atom is 0.263 e. The zero-order chi connectivity index (χ0) is 13.3. The third kappa shape index (κ3) is 2.22. The largest absolute Gasteiger partial charge is 0.334 e. The molecule has 1 heterocycles. The number of nitrogens with zero attached hydrogens (tertiary/aromatic N) is 1. The molecule has 0 aliphatic carbocycles. The van der Waals surface area contributed by atoms with Gasteiger partial charge in [0.1, 0.15) is 10.7 Å². The molecule has 0 spiro atoms. The van der Waals surface area contributed by atoms with E-state index in [1.807, 2.05) is 0 Å². The van der Waals surface area contributed by atoms with Crippen molar-refractivity contribution in [3.63, 3.8) is 0 Å². The third-order valence-corrected chi connectivity index (χ3v) is 3.84. The van der Waals surface area contributed by atoms with Crippen molar-refractivity contribution in [2.45, 2.75) is 18.4 Å². The van der Waals surface area contributed by atoms with Crippen LogP contribution in [0.2, 0.25) is 0 Å². The zero-order valence-electron chi connectivity index (χ0n) is 9.44. The molecule has 94 valence electrons. The lowest BCUT2D eigenvalue weighted by Crippen LogP contribution is -1.93. The van der Waals surface area contributed by atoms with E-state index in [0.29, 0.717) is 5.52 Å². The highest BCUT2D eigenvalue weighted by Crippen LogP contribution is 2.29. The molecule has 0 radical (unpaired) electrons. The van der Waals surface area contributed by atoms with Crippen LogP contribution in [-0.4, -0.2) is 13.0 Å². The lowest BCUT2D eigenvalue weighted by atomic mass is 10.2. The average Bonchev–Trinajstić information content (AvgIpc) is 2.66. The minimum atomic E-state index is -3.99. The van der Waals surface area contributed by atoms with E-state index in [9.17, 15) is 12.8 Å². The number of benzene rings is 1. The summed E-state index contributed by atoms with van der Waals surface area (Å²) in [7, 11) is 1.32. The molecule has 18 heavy (non-hydrogen) atoms. The van der Waals surface area contributed by atoms with Crippen molar-refractivity contribution < 1.29 is 12.8 Å². The molecule has 2 aromatic rings. The van der Waals surface area contributed by atoms with Gasteiger partial charge >= 0.3 is 0 Å². The molecule has 0 aliphatic rings. The van der Waals surface area contributed by atoms with E-state index in [2.05, 4.69) is 11.8 Å². The van der Waals surface area contributed by atoms with Gasteiger partial charge in [-0.05, 0) is 19.1 Å². The first-order valence-corrected chi connectivity index (χ1v) is 7.37. The first-order chi connectivity index (χ1) is 8.45. The molecule has 0 aliphatic heterocycles. The maximum absolute atomic E-state index is 13.7. The Morgan fingerprint density at radius 3 is 2.78 bits per heavy atom. The summed E-state index contributed by atoms with van der Waals surface area (Å²) >= 11 is 0. The minimum Gasteiger partial charge on any atom is -0.334 e. The molecule has 3 nitrogen and oxygen atoms in total. The standard InChI is InChI=1S/C12H9ClFNO2S/c1-2-3-7-15-8-11(18(13,16)17)12-9(14)5-4-6-10(12)15/h4-6,8H,7H2,1H3. The first-order valence-electron chi connectivity index (χ1n) is 5.07. The molecule has 0 saturated heterocycles. The van der Waals surface area contributed by atoms with E-state index in [0.717, 1.165) is 0 Å². The van der Waals surface area contributed by atoms with Crippen molar-refractivity contribution in [1.29, 1.82) is 0 Å². The summed E-state index contributed by atoms with van der Waals surface area (Å²) in [5.41, 5.74) is 0.456. The van der Waals surface area contributed by atoms with Gasteiger partial charge in [0.15, 0.2) is 0 Å². The summed E-state index contributed by atoms with van der Waals surface area (Å²) in [6, 6.07) is 4.34. The van der Waals surface area contributed by atoms with E-state index in [1.165, 1.54) is 18.3 Å². The second-order valence-electron chi connectivity index (χ2n) is 3.62. The number of fused-ring (bicyclic) bond motifs is 1. The van der Waals surface area contributed by atoms with Crippen LogP contribution in [0.3, 0.4) is 0 Å². The SMILES string of the molecule is CC#CCn1cc(S(=O)(=O)Cl)c2c(F)cccc21. The highest BCUT2D eigenvalue weighted by Gasteiger charge is 2.21. The van der Waals surface area contributed by atoms with E-state index in [4.69, 9.17) is 10.7 Å². The Labute approximate surface area is 109 Å². The highest BCUT2D eigenvalue weighted by molar-refractivity contribution is 8.14. The molecule has 0 fully saturated rings. The number of aromatic nitrogens is 1. The molecule has 1 aromatic heterocycles. The van der Waals surface area contributed by atoms with Crippen LogP contribution in [0, 0.1) is 17.7 Å². The third-order valence-electron chi connectivity index (χ3n) is 2.51. The van der Waals surface area contributed by atoms with Crippen molar-refractivity contribution in [2.75, 3.05) is 0 Å². The van der Waals surface area contributed by atoms with Gasteiger partial charge in [0.05, 0.1) is 17.4 Å². The van der Waals surface area contributed by atoms with Crippen LogP contribution in [0.5, 0.6) is 0 Å². The molecule has 0 saturated carbocycles. The van der Waals surface area contributed by atoms with Crippen LogP contribution < -0.4 is 0 Å². The lowest BCUT2D eigenvalue weighted by Gasteiger charge is -1.99. The molecule has 0 atom stereocenters. The van der Waals surface area contributed by atoms with Gasteiger partial charge in [-0.2, -0.15) is 0 Å². The fourth-order valence-electron chi connectivity index (χ4n) is 1.75. The predicted octanol–water partition coefficient (Wildman–Crippen LogP) is 2.73. The number of halogens is 2. The summed E-state index contributed by atoms with van der Waals surface area (Å²) in [6.07, 6.45) is 1.31. The summed E-state index contributed by atoms with van der Waals surface area (Å²) in [6.45, 7) is 1.95. The predicted molar refractivity (Wildman–Crippen MR) is 68.4 cm³/mol. The van der Waals surface area contributed by atoms with E-state index in [-0.39, 0.29) is 16.8 Å². The Morgan fingerprint density at radius 1 is 1.44 bits per heavy atom. The molecular weight excluding hydrogens is 277 g/mol. The van der Waals surface area contributed by atoms with Crippen molar-refractivity contribution >= 4 is 30.6 Å². The van der Waals surface area contributed by atoms with Crippen molar-refractivity contribution in [1.82, 2.24) is 4.57 Å². The highest BCUT2D eigenvalue weighted by atomic mass is 35.7. The van der Waals surface area contributed by atoms with E-state index < -0.39 is 14.9 Å². The van der Waals surface area contributed by atoms with Crippen LogP contribution in [0.25, 0.3) is 10.9 Å². The van der Waals surface area contributed by atoms with Crippen LogP contribution in [0.15, 0.2) is 29.3 Å². The van der Waals surface area contributed by atoms with Crippen LogP contribution in [-0.2, 0) is 15.6 Å². The monoisotopic (exact) mass is 285 g/mol. The van der Waals surface area contributed by atoms with Crippen LogP contribution in [0.4, 0.5) is 4.39 Å². The first kappa shape index (κ1) is 12.9. The number of rotatable bonds is 2. The Balaban J connectivity index is 2.83. The molecular formula is C12H9ClFNO2S. The van der Waals surface area contributed by atoms with E-state index >= 15 is 0 Å². The molecule has 1 aromatic carbocycles.